The number of aliphatic hydroxyl groups excluding tert-OH is 1. The van der Waals surface area contributed by atoms with Gasteiger partial charge in [0.1, 0.15) is 6.10 Å². The third kappa shape index (κ3) is 2.48. The fourth-order valence-corrected chi connectivity index (χ4v) is 11.0. The summed E-state index contributed by atoms with van der Waals surface area (Å²) >= 11 is 0. The largest absolute Gasteiger partial charge is 0.462 e. The number of rotatable bonds is 6. The zero-order chi connectivity index (χ0) is 24.2. The Labute approximate surface area is 202 Å². The molecule has 6 aliphatic rings. The van der Waals surface area contributed by atoms with Crippen molar-refractivity contribution in [3.05, 3.63) is 0 Å². The first-order valence-electron chi connectivity index (χ1n) is 13.1. The van der Waals surface area contributed by atoms with Gasteiger partial charge in [-0.05, 0) is 31.7 Å². The van der Waals surface area contributed by atoms with Crippen molar-refractivity contribution in [1.29, 1.82) is 0 Å². The molecule has 0 aromatic carbocycles. The number of carbonyl (C=O) groups excluding carboxylic acids is 1. The van der Waals surface area contributed by atoms with Gasteiger partial charge in [-0.15, -0.1) is 0 Å². The second-order valence-corrected chi connectivity index (χ2v) is 12.1. The Morgan fingerprint density at radius 1 is 1.15 bits per heavy atom. The van der Waals surface area contributed by atoms with Crippen LogP contribution in [-0.4, -0.2) is 98.2 Å². The van der Waals surface area contributed by atoms with E-state index < -0.39 is 23.2 Å². The zero-order valence-corrected chi connectivity index (χ0v) is 21.1. The summed E-state index contributed by atoms with van der Waals surface area (Å²) in [5.74, 6) is -0.586. The van der Waals surface area contributed by atoms with E-state index in [0.29, 0.717) is 13.0 Å². The molecule has 0 unspecified atom stereocenters. The summed E-state index contributed by atoms with van der Waals surface area (Å²) in [4.78, 5) is 14.7. The molecule has 1 heterocycles. The molecule has 8 nitrogen and oxygen atoms in total. The van der Waals surface area contributed by atoms with Crippen LogP contribution in [0.15, 0.2) is 0 Å². The molecule has 0 radical (unpaired) electrons. The molecular formula is C26H41NO7. The third-order valence-electron chi connectivity index (χ3n) is 11.4. The molecule has 34 heavy (non-hydrogen) atoms. The number of methoxy groups -OCH3 is 3. The van der Waals surface area contributed by atoms with E-state index in [2.05, 4.69) is 11.8 Å². The first-order chi connectivity index (χ1) is 16.2. The first-order valence-corrected chi connectivity index (χ1v) is 13.1. The highest BCUT2D eigenvalue weighted by molar-refractivity contribution is 5.66. The van der Waals surface area contributed by atoms with E-state index >= 15 is 0 Å². The van der Waals surface area contributed by atoms with Crippen LogP contribution in [0.5, 0.6) is 0 Å². The summed E-state index contributed by atoms with van der Waals surface area (Å²) in [7, 11) is 5.23. The average molecular weight is 480 g/mol. The Morgan fingerprint density at radius 2 is 1.91 bits per heavy atom. The number of carbonyl (C=O) groups is 1. The molecule has 192 valence electrons. The summed E-state index contributed by atoms with van der Waals surface area (Å²) in [6.07, 6.45) is 1.64. The number of esters is 1. The fourth-order valence-electron chi connectivity index (χ4n) is 11.0. The molecule has 5 saturated carbocycles. The second-order valence-electron chi connectivity index (χ2n) is 12.1. The van der Waals surface area contributed by atoms with Crippen molar-refractivity contribution in [2.45, 2.75) is 75.6 Å². The number of fused-ring (bicyclic) bond motifs is 2. The standard InChI is InChI=1S/C26H41NO7/c1-6-27-11-24(12-31-3)8-7-17(29)26-15-9-14-16(32-4)10-25(30,18(15)20(14)34-13(2)28)19(23(26)27)21(33-5)22(24)26/h14-23,29-30H,6-12H2,1-5H3/t14-,15+,16-,17-,18+,19+,20-,21-,22+,23+,24-,25+,26+/m0/s1. The molecular weight excluding hydrogens is 438 g/mol. The minimum absolute atomic E-state index is 0.0197. The van der Waals surface area contributed by atoms with Crippen LogP contribution in [0, 0.1) is 40.4 Å². The predicted octanol–water partition coefficient (Wildman–Crippen LogP) is 1.07. The highest BCUT2D eigenvalue weighted by Gasteiger charge is 2.86. The second kappa shape index (κ2) is 7.62. The monoisotopic (exact) mass is 479 g/mol. The molecule has 0 aromatic heterocycles. The van der Waals surface area contributed by atoms with E-state index in [0.717, 1.165) is 32.4 Å². The minimum Gasteiger partial charge on any atom is -0.462 e. The van der Waals surface area contributed by atoms with Gasteiger partial charge in [-0.25, -0.2) is 0 Å². The maximum Gasteiger partial charge on any atom is 0.302 e. The molecule has 13 atom stereocenters. The van der Waals surface area contributed by atoms with Gasteiger partial charge in [0.2, 0.25) is 0 Å². The van der Waals surface area contributed by atoms with Crippen LogP contribution < -0.4 is 0 Å². The molecule has 6 fully saturated rings. The molecule has 0 amide bonds. The molecule has 1 saturated heterocycles. The van der Waals surface area contributed by atoms with Crippen molar-refractivity contribution in [2.24, 2.45) is 40.4 Å². The first kappa shape index (κ1) is 23.6. The summed E-state index contributed by atoms with van der Waals surface area (Å²) < 4.78 is 24.1. The van der Waals surface area contributed by atoms with Gasteiger partial charge in [-0.3, -0.25) is 9.69 Å². The van der Waals surface area contributed by atoms with Crippen molar-refractivity contribution < 1.29 is 34.0 Å². The van der Waals surface area contributed by atoms with Crippen molar-refractivity contribution in [1.82, 2.24) is 4.90 Å². The van der Waals surface area contributed by atoms with Gasteiger partial charge in [0.05, 0.1) is 30.5 Å². The Balaban J connectivity index is 1.61. The van der Waals surface area contributed by atoms with Gasteiger partial charge in [-0.1, -0.05) is 6.92 Å². The third-order valence-corrected chi connectivity index (χ3v) is 11.4. The quantitative estimate of drug-likeness (QED) is 0.546. The number of nitrogens with zero attached hydrogens (tertiary/aromatic N) is 1. The van der Waals surface area contributed by atoms with Gasteiger partial charge in [0.25, 0.3) is 0 Å². The molecule has 0 aromatic rings. The average Bonchev–Trinajstić information content (AvgIpc) is 3.23. The predicted molar refractivity (Wildman–Crippen MR) is 122 cm³/mol. The van der Waals surface area contributed by atoms with Gasteiger partial charge in [0.15, 0.2) is 0 Å². The molecule has 1 aliphatic heterocycles. The smallest absolute Gasteiger partial charge is 0.302 e. The molecule has 5 aliphatic carbocycles. The summed E-state index contributed by atoms with van der Waals surface area (Å²) in [5.41, 5.74) is -1.66. The van der Waals surface area contributed by atoms with E-state index in [1.54, 1.807) is 21.3 Å². The molecule has 7 bridgehead atoms. The SMILES string of the molecule is CCN1C[C@]2(COC)CC[C@H](O)[C@]34[C@@H]5C[C@@H]6[C@H](OC(C)=O)[C@@H]5[C@](O)(C[C@@H]6OC)[C@H]([C@H](OC)[C@H]23)[C@@H]14. The van der Waals surface area contributed by atoms with Crippen LogP contribution in [0.1, 0.15) is 39.5 Å². The van der Waals surface area contributed by atoms with Crippen LogP contribution in [0.2, 0.25) is 0 Å². The van der Waals surface area contributed by atoms with Crippen LogP contribution in [0.4, 0.5) is 0 Å². The number of likely N-dealkylation sites (tertiary alicyclic amines) is 1. The topological polar surface area (TPSA) is 97.7 Å². The Kier molecular flexibility index (Phi) is 5.29. The summed E-state index contributed by atoms with van der Waals surface area (Å²) in [6, 6.07) is 0.0197. The maximum absolute atomic E-state index is 12.7. The lowest BCUT2D eigenvalue weighted by molar-refractivity contribution is -0.274. The molecule has 1 spiro atoms. The van der Waals surface area contributed by atoms with Gasteiger partial charge in [0, 0.05) is 81.8 Å². The lowest BCUT2D eigenvalue weighted by Crippen LogP contribution is -2.76. The summed E-state index contributed by atoms with van der Waals surface area (Å²) in [6.45, 7) is 6.00. The minimum atomic E-state index is -1.09. The highest BCUT2D eigenvalue weighted by Crippen LogP contribution is 2.79. The fraction of sp³-hybridized carbons (Fsp3) is 0.962. The van der Waals surface area contributed by atoms with E-state index in [9.17, 15) is 15.0 Å². The normalized spacial score (nSPS) is 57.0. The molecule has 8 heteroatoms. The van der Waals surface area contributed by atoms with E-state index in [-0.39, 0.29) is 59.2 Å². The van der Waals surface area contributed by atoms with E-state index in [1.165, 1.54) is 6.92 Å². The number of ether oxygens (including phenoxy) is 4. The van der Waals surface area contributed by atoms with Gasteiger partial charge >= 0.3 is 5.97 Å². The van der Waals surface area contributed by atoms with Gasteiger partial charge < -0.3 is 29.2 Å². The molecule has 2 N–H and O–H groups in total. The van der Waals surface area contributed by atoms with Crippen LogP contribution >= 0.6 is 0 Å². The van der Waals surface area contributed by atoms with Crippen molar-refractivity contribution in [3.8, 4) is 0 Å². The Bertz CT molecular complexity index is 855. The van der Waals surface area contributed by atoms with Crippen molar-refractivity contribution in [2.75, 3.05) is 41.0 Å². The number of hydrogen-bond acceptors (Lipinski definition) is 8. The Morgan fingerprint density at radius 3 is 2.53 bits per heavy atom. The lowest BCUT2D eigenvalue weighted by atomic mass is 9.43. The Hall–Kier alpha value is -0.770. The number of aliphatic hydroxyl groups is 2. The van der Waals surface area contributed by atoms with Crippen LogP contribution in [0.3, 0.4) is 0 Å². The maximum atomic E-state index is 12.7. The van der Waals surface area contributed by atoms with Crippen molar-refractivity contribution in [3.63, 3.8) is 0 Å². The highest BCUT2D eigenvalue weighted by atomic mass is 16.5. The molecule has 6 rings (SSSR count). The lowest BCUT2D eigenvalue weighted by Gasteiger charge is -2.68. The number of piperidine rings is 1. The van der Waals surface area contributed by atoms with Gasteiger partial charge in [-0.2, -0.15) is 0 Å². The van der Waals surface area contributed by atoms with Crippen LogP contribution in [0.25, 0.3) is 0 Å². The zero-order valence-electron chi connectivity index (χ0n) is 21.1. The van der Waals surface area contributed by atoms with Crippen molar-refractivity contribution >= 4 is 5.97 Å². The number of hydrogen-bond donors (Lipinski definition) is 2. The summed E-state index contributed by atoms with van der Waals surface area (Å²) in [5, 5.41) is 24.7. The van der Waals surface area contributed by atoms with E-state index in [4.69, 9.17) is 18.9 Å². The van der Waals surface area contributed by atoms with E-state index in [1.807, 2.05) is 0 Å². The van der Waals surface area contributed by atoms with Crippen LogP contribution in [-0.2, 0) is 23.7 Å².